The van der Waals surface area contributed by atoms with E-state index in [-0.39, 0.29) is 0 Å². The van der Waals surface area contributed by atoms with E-state index in [0.29, 0.717) is 0 Å². The molecule has 2 heteroatoms. The number of benzene rings is 1. The Bertz CT molecular complexity index is 318. The largest absolute Gasteiger partial charge is 0.319 e. The highest BCUT2D eigenvalue weighted by Gasteiger charge is 1.97. The summed E-state index contributed by atoms with van der Waals surface area (Å²) in [5, 5.41) is 3.94. The van der Waals surface area contributed by atoms with Crippen LogP contribution in [0.25, 0.3) is 6.08 Å². The van der Waals surface area contributed by atoms with Crippen LogP contribution in [0, 0.1) is 6.92 Å². The lowest BCUT2D eigenvalue weighted by Crippen LogP contribution is -2.05. The summed E-state index contributed by atoms with van der Waals surface area (Å²) < 4.78 is 0. The third-order valence-electron chi connectivity index (χ3n) is 2.17. The second kappa shape index (κ2) is 5.84. The van der Waals surface area contributed by atoms with Gasteiger partial charge >= 0.3 is 0 Å². The molecule has 1 aromatic carbocycles. The smallest absolute Gasteiger partial charge is 0.0441 e. The second-order valence-electron chi connectivity index (χ2n) is 3.25. The van der Waals surface area contributed by atoms with Crippen LogP contribution in [0.5, 0.6) is 0 Å². The Morgan fingerprint density at radius 2 is 2.21 bits per heavy atom. The van der Waals surface area contributed by atoms with Gasteiger partial charge in [0.25, 0.3) is 0 Å². The van der Waals surface area contributed by atoms with Crippen LogP contribution >= 0.6 is 11.6 Å². The van der Waals surface area contributed by atoms with Gasteiger partial charge in [-0.25, -0.2) is 0 Å². The summed E-state index contributed by atoms with van der Waals surface area (Å²) in [4.78, 5) is 0. The summed E-state index contributed by atoms with van der Waals surface area (Å²) in [6, 6.07) is 5.98. The van der Waals surface area contributed by atoms with Gasteiger partial charge in [0, 0.05) is 5.02 Å². The van der Waals surface area contributed by atoms with E-state index in [2.05, 4.69) is 23.5 Å². The minimum Gasteiger partial charge on any atom is -0.319 e. The molecule has 0 radical (unpaired) electrons. The van der Waals surface area contributed by atoms with Crippen LogP contribution in [0.1, 0.15) is 17.5 Å². The number of rotatable bonds is 4. The van der Waals surface area contributed by atoms with Crippen LogP contribution in [-0.4, -0.2) is 13.6 Å². The standard InChI is InChI=1S/C12H16ClN/c1-10-11(6-3-4-9-14-2)7-5-8-12(10)13/h3,5-8,14H,4,9H2,1-2H3. The lowest BCUT2D eigenvalue weighted by molar-refractivity contribution is 0.809. The summed E-state index contributed by atoms with van der Waals surface area (Å²) in [6.07, 6.45) is 5.33. The fourth-order valence-electron chi connectivity index (χ4n) is 1.24. The van der Waals surface area contributed by atoms with E-state index in [9.17, 15) is 0 Å². The first-order valence-electron chi connectivity index (χ1n) is 4.82. The van der Waals surface area contributed by atoms with E-state index in [1.165, 1.54) is 5.56 Å². The van der Waals surface area contributed by atoms with Gasteiger partial charge in [-0.3, -0.25) is 0 Å². The molecule has 0 bridgehead atoms. The van der Waals surface area contributed by atoms with E-state index in [1.807, 2.05) is 26.1 Å². The Kier molecular flexibility index (Phi) is 4.71. The summed E-state index contributed by atoms with van der Waals surface area (Å²) >= 11 is 6.01. The number of nitrogens with one attached hydrogen (secondary N) is 1. The van der Waals surface area contributed by atoms with E-state index >= 15 is 0 Å². The van der Waals surface area contributed by atoms with Gasteiger partial charge in [-0.1, -0.05) is 35.9 Å². The predicted molar refractivity (Wildman–Crippen MR) is 63.8 cm³/mol. The zero-order valence-electron chi connectivity index (χ0n) is 8.68. The Hall–Kier alpha value is -0.790. The molecular weight excluding hydrogens is 194 g/mol. The highest BCUT2D eigenvalue weighted by molar-refractivity contribution is 6.31. The van der Waals surface area contributed by atoms with Gasteiger partial charge in [-0.15, -0.1) is 0 Å². The zero-order chi connectivity index (χ0) is 10.4. The first-order chi connectivity index (χ1) is 6.75. The van der Waals surface area contributed by atoms with E-state index in [4.69, 9.17) is 11.6 Å². The van der Waals surface area contributed by atoms with Crippen molar-refractivity contribution in [1.29, 1.82) is 0 Å². The van der Waals surface area contributed by atoms with Crippen molar-refractivity contribution in [1.82, 2.24) is 5.32 Å². The highest BCUT2D eigenvalue weighted by atomic mass is 35.5. The molecule has 1 nitrogen and oxygen atoms in total. The molecule has 0 saturated heterocycles. The zero-order valence-corrected chi connectivity index (χ0v) is 9.43. The van der Waals surface area contributed by atoms with Crippen LogP contribution in [-0.2, 0) is 0 Å². The normalized spacial score (nSPS) is 11.1. The molecule has 0 atom stereocenters. The molecule has 0 amide bonds. The fraction of sp³-hybridized carbons (Fsp3) is 0.333. The Balaban J connectivity index is 2.67. The molecule has 1 N–H and O–H groups in total. The van der Waals surface area contributed by atoms with Crippen molar-refractivity contribution in [2.24, 2.45) is 0 Å². The Labute approximate surface area is 90.8 Å². The molecule has 14 heavy (non-hydrogen) atoms. The van der Waals surface area contributed by atoms with Crippen molar-refractivity contribution in [2.45, 2.75) is 13.3 Å². The summed E-state index contributed by atoms with van der Waals surface area (Å²) in [5.41, 5.74) is 2.35. The van der Waals surface area contributed by atoms with Crippen molar-refractivity contribution in [3.63, 3.8) is 0 Å². The van der Waals surface area contributed by atoms with Gasteiger partial charge in [0.2, 0.25) is 0 Å². The Morgan fingerprint density at radius 3 is 2.93 bits per heavy atom. The van der Waals surface area contributed by atoms with Crippen molar-refractivity contribution in [2.75, 3.05) is 13.6 Å². The van der Waals surface area contributed by atoms with Gasteiger partial charge in [0.1, 0.15) is 0 Å². The average molecular weight is 210 g/mol. The SMILES string of the molecule is CNCCC=Cc1cccc(Cl)c1C. The van der Waals surface area contributed by atoms with Crippen LogP contribution in [0.4, 0.5) is 0 Å². The minimum atomic E-state index is 0.834. The summed E-state index contributed by atoms with van der Waals surface area (Å²) in [7, 11) is 1.96. The third kappa shape index (κ3) is 3.17. The number of halogens is 1. The molecular formula is C12H16ClN. The minimum absolute atomic E-state index is 0.834. The van der Waals surface area contributed by atoms with Crippen molar-refractivity contribution in [3.8, 4) is 0 Å². The first-order valence-corrected chi connectivity index (χ1v) is 5.19. The second-order valence-corrected chi connectivity index (χ2v) is 3.66. The molecule has 0 aromatic heterocycles. The highest BCUT2D eigenvalue weighted by Crippen LogP contribution is 2.19. The third-order valence-corrected chi connectivity index (χ3v) is 2.58. The summed E-state index contributed by atoms with van der Waals surface area (Å²) in [6.45, 7) is 3.05. The molecule has 76 valence electrons. The average Bonchev–Trinajstić information content (AvgIpc) is 2.19. The van der Waals surface area contributed by atoms with Gasteiger partial charge in [0.15, 0.2) is 0 Å². The molecule has 0 fully saturated rings. The fourth-order valence-corrected chi connectivity index (χ4v) is 1.42. The van der Waals surface area contributed by atoms with Gasteiger partial charge < -0.3 is 5.32 Å². The van der Waals surface area contributed by atoms with Gasteiger partial charge in [-0.2, -0.15) is 0 Å². The molecule has 0 aliphatic heterocycles. The van der Waals surface area contributed by atoms with Crippen molar-refractivity contribution < 1.29 is 0 Å². The van der Waals surface area contributed by atoms with Crippen LogP contribution < -0.4 is 5.32 Å². The number of hydrogen-bond donors (Lipinski definition) is 1. The van der Waals surface area contributed by atoms with E-state index in [0.717, 1.165) is 23.6 Å². The lowest BCUT2D eigenvalue weighted by atomic mass is 10.1. The molecule has 0 aliphatic carbocycles. The van der Waals surface area contributed by atoms with Crippen LogP contribution in [0.3, 0.4) is 0 Å². The van der Waals surface area contributed by atoms with Gasteiger partial charge in [0.05, 0.1) is 0 Å². The molecule has 0 heterocycles. The summed E-state index contributed by atoms with van der Waals surface area (Å²) in [5.74, 6) is 0. The molecule has 0 unspecified atom stereocenters. The van der Waals surface area contributed by atoms with Crippen LogP contribution in [0.15, 0.2) is 24.3 Å². The monoisotopic (exact) mass is 209 g/mol. The first kappa shape index (κ1) is 11.3. The molecule has 0 saturated carbocycles. The van der Waals surface area contributed by atoms with Gasteiger partial charge in [-0.05, 0) is 44.1 Å². The molecule has 0 spiro atoms. The van der Waals surface area contributed by atoms with E-state index in [1.54, 1.807) is 0 Å². The lowest BCUT2D eigenvalue weighted by Gasteiger charge is -2.01. The molecule has 0 aliphatic rings. The predicted octanol–water partition coefficient (Wildman–Crippen LogP) is 3.27. The van der Waals surface area contributed by atoms with E-state index < -0.39 is 0 Å². The quantitative estimate of drug-likeness (QED) is 0.751. The maximum Gasteiger partial charge on any atom is 0.0441 e. The topological polar surface area (TPSA) is 12.0 Å². The van der Waals surface area contributed by atoms with Crippen molar-refractivity contribution in [3.05, 3.63) is 40.4 Å². The molecule has 1 aromatic rings. The maximum atomic E-state index is 6.01. The van der Waals surface area contributed by atoms with Crippen LogP contribution in [0.2, 0.25) is 5.02 Å². The molecule has 1 rings (SSSR count). The maximum absolute atomic E-state index is 6.01. The Morgan fingerprint density at radius 1 is 1.43 bits per heavy atom. The number of hydrogen-bond acceptors (Lipinski definition) is 1. The van der Waals surface area contributed by atoms with Crippen molar-refractivity contribution >= 4 is 17.7 Å².